The molecule has 0 saturated heterocycles. The number of nitrogens with one attached hydrogen (secondary N) is 2. The van der Waals surface area contributed by atoms with E-state index in [-0.39, 0.29) is 17.5 Å². The fourth-order valence-electron chi connectivity index (χ4n) is 3.29. The molecule has 2 amide bonds. The normalized spacial score (nSPS) is 15.1. The number of thiophene rings is 1. The van der Waals surface area contributed by atoms with Gasteiger partial charge in [0.2, 0.25) is 0 Å². The zero-order valence-corrected chi connectivity index (χ0v) is 18.4. The molecule has 29 heavy (non-hydrogen) atoms. The number of hydrogen-bond donors (Lipinski definition) is 2. The van der Waals surface area contributed by atoms with E-state index < -0.39 is 0 Å². The zero-order valence-electron chi connectivity index (χ0n) is 16.8. The van der Waals surface area contributed by atoms with Crippen molar-refractivity contribution in [3.05, 3.63) is 63.5 Å². The highest BCUT2D eigenvalue weighted by Gasteiger charge is 2.16. The van der Waals surface area contributed by atoms with E-state index in [4.69, 9.17) is 0 Å². The quantitative estimate of drug-likeness (QED) is 0.459. The van der Waals surface area contributed by atoms with Gasteiger partial charge in [-0.05, 0) is 49.4 Å². The lowest BCUT2D eigenvalue weighted by molar-refractivity contribution is -0.117. The van der Waals surface area contributed by atoms with Gasteiger partial charge in [-0.1, -0.05) is 43.0 Å². The number of thioether (sulfide) groups is 1. The Morgan fingerprint density at radius 1 is 1.14 bits per heavy atom. The van der Waals surface area contributed by atoms with E-state index in [1.54, 1.807) is 18.2 Å². The molecule has 0 radical (unpaired) electrons. The molecule has 1 saturated carbocycles. The largest absolute Gasteiger partial charge is 0.350 e. The maximum absolute atomic E-state index is 12.7. The van der Waals surface area contributed by atoms with Crippen LogP contribution in [-0.2, 0) is 4.79 Å². The molecule has 1 fully saturated rings. The lowest BCUT2D eigenvalue weighted by Crippen LogP contribution is -2.36. The average molecular weight is 429 g/mol. The molecule has 154 valence electrons. The number of amides is 2. The summed E-state index contributed by atoms with van der Waals surface area (Å²) in [5.41, 5.74) is 1.90. The second-order valence-electron chi connectivity index (χ2n) is 7.28. The maximum Gasteiger partial charge on any atom is 0.267 e. The van der Waals surface area contributed by atoms with Crippen LogP contribution in [0.25, 0.3) is 6.08 Å². The zero-order chi connectivity index (χ0) is 20.5. The third-order valence-electron chi connectivity index (χ3n) is 4.93. The van der Waals surface area contributed by atoms with Gasteiger partial charge in [-0.3, -0.25) is 9.59 Å². The van der Waals surface area contributed by atoms with Crippen molar-refractivity contribution in [2.75, 3.05) is 12.3 Å². The minimum absolute atomic E-state index is 0.247. The van der Waals surface area contributed by atoms with Gasteiger partial charge >= 0.3 is 0 Å². The SMILES string of the molecule is Cc1ccc(C(=O)N/C(=C\c2cccs2)C(=O)NCCSC2CCCCC2)cc1. The second kappa shape index (κ2) is 11.2. The van der Waals surface area contributed by atoms with Crippen LogP contribution in [0.4, 0.5) is 0 Å². The Morgan fingerprint density at radius 3 is 2.59 bits per heavy atom. The van der Waals surface area contributed by atoms with Gasteiger partial charge in [0.05, 0.1) is 0 Å². The second-order valence-corrected chi connectivity index (χ2v) is 9.67. The predicted molar refractivity (Wildman–Crippen MR) is 123 cm³/mol. The summed E-state index contributed by atoms with van der Waals surface area (Å²) in [6.07, 6.45) is 8.31. The third kappa shape index (κ3) is 7.05. The van der Waals surface area contributed by atoms with Crippen molar-refractivity contribution < 1.29 is 9.59 Å². The molecule has 3 rings (SSSR count). The number of carbonyl (C=O) groups is 2. The Hall–Kier alpha value is -2.05. The molecule has 2 N–H and O–H groups in total. The predicted octanol–water partition coefficient (Wildman–Crippen LogP) is 5.01. The molecule has 4 nitrogen and oxygen atoms in total. The fourth-order valence-corrected chi connectivity index (χ4v) is 5.17. The van der Waals surface area contributed by atoms with Crippen LogP contribution in [0.15, 0.2) is 47.5 Å². The summed E-state index contributed by atoms with van der Waals surface area (Å²) in [4.78, 5) is 26.3. The Morgan fingerprint density at radius 2 is 1.90 bits per heavy atom. The number of hydrogen-bond acceptors (Lipinski definition) is 4. The van der Waals surface area contributed by atoms with Crippen LogP contribution >= 0.6 is 23.1 Å². The van der Waals surface area contributed by atoms with E-state index in [1.165, 1.54) is 43.4 Å². The molecule has 0 aliphatic heterocycles. The lowest BCUT2D eigenvalue weighted by Gasteiger charge is -2.21. The molecule has 0 spiro atoms. The van der Waals surface area contributed by atoms with E-state index in [0.29, 0.717) is 12.1 Å². The van der Waals surface area contributed by atoms with Crippen molar-refractivity contribution in [1.82, 2.24) is 10.6 Å². The van der Waals surface area contributed by atoms with Gasteiger partial charge in [-0.15, -0.1) is 11.3 Å². The molecule has 0 atom stereocenters. The first-order chi connectivity index (χ1) is 14.1. The topological polar surface area (TPSA) is 58.2 Å². The van der Waals surface area contributed by atoms with Crippen LogP contribution in [0.3, 0.4) is 0 Å². The van der Waals surface area contributed by atoms with Gasteiger partial charge in [0, 0.05) is 28.0 Å². The lowest BCUT2D eigenvalue weighted by atomic mass is 10.0. The van der Waals surface area contributed by atoms with Crippen LogP contribution in [-0.4, -0.2) is 29.4 Å². The Kier molecular flexibility index (Phi) is 8.38. The van der Waals surface area contributed by atoms with Gasteiger partial charge in [0.25, 0.3) is 11.8 Å². The summed E-state index contributed by atoms with van der Waals surface area (Å²) in [5.74, 6) is 0.372. The van der Waals surface area contributed by atoms with Crippen molar-refractivity contribution in [2.45, 2.75) is 44.3 Å². The Labute approximate surface area is 181 Å². The summed E-state index contributed by atoms with van der Waals surface area (Å²) in [5, 5.41) is 8.43. The van der Waals surface area contributed by atoms with E-state index in [9.17, 15) is 9.59 Å². The Bertz CT molecular complexity index is 823. The first-order valence-corrected chi connectivity index (χ1v) is 12.1. The number of rotatable bonds is 8. The number of benzene rings is 1. The van der Waals surface area contributed by atoms with E-state index in [2.05, 4.69) is 10.6 Å². The van der Waals surface area contributed by atoms with Crippen LogP contribution in [0, 0.1) is 6.92 Å². The van der Waals surface area contributed by atoms with Crippen molar-refractivity contribution in [1.29, 1.82) is 0 Å². The summed E-state index contributed by atoms with van der Waals surface area (Å²) < 4.78 is 0. The molecule has 0 unspecified atom stereocenters. The van der Waals surface area contributed by atoms with Crippen LogP contribution in [0.5, 0.6) is 0 Å². The van der Waals surface area contributed by atoms with Gasteiger partial charge < -0.3 is 10.6 Å². The first-order valence-electron chi connectivity index (χ1n) is 10.1. The van der Waals surface area contributed by atoms with E-state index in [0.717, 1.165) is 21.4 Å². The minimum Gasteiger partial charge on any atom is -0.350 e. The number of aryl methyl sites for hydroxylation is 1. The standard InChI is InChI=1S/C23H28N2O2S2/c1-17-9-11-18(12-10-17)22(26)25-21(16-20-8-5-14-28-20)23(27)24-13-15-29-19-6-3-2-4-7-19/h5,8-12,14,16,19H,2-4,6-7,13,15H2,1H3,(H,24,27)(H,25,26)/b21-16-. The van der Waals surface area contributed by atoms with Gasteiger partial charge in [-0.2, -0.15) is 11.8 Å². The van der Waals surface area contributed by atoms with Crippen LogP contribution in [0.2, 0.25) is 0 Å². The highest BCUT2D eigenvalue weighted by atomic mass is 32.2. The molecule has 1 heterocycles. The average Bonchev–Trinajstić information content (AvgIpc) is 3.25. The molecule has 2 aromatic rings. The van der Waals surface area contributed by atoms with Crippen LogP contribution in [0.1, 0.15) is 52.9 Å². The first kappa shape index (κ1) is 21.7. The number of carbonyl (C=O) groups excluding carboxylic acids is 2. The van der Waals surface area contributed by atoms with E-state index >= 15 is 0 Å². The van der Waals surface area contributed by atoms with Crippen molar-refractivity contribution >= 4 is 41.0 Å². The highest BCUT2D eigenvalue weighted by molar-refractivity contribution is 7.99. The molecule has 1 aliphatic carbocycles. The highest BCUT2D eigenvalue weighted by Crippen LogP contribution is 2.27. The van der Waals surface area contributed by atoms with Crippen LogP contribution < -0.4 is 10.6 Å². The minimum atomic E-state index is -0.278. The monoisotopic (exact) mass is 428 g/mol. The maximum atomic E-state index is 12.7. The molecule has 1 aromatic carbocycles. The molecule has 6 heteroatoms. The Balaban J connectivity index is 1.58. The molecule has 1 aliphatic rings. The fraction of sp³-hybridized carbons (Fsp3) is 0.391. The molecule has 0 bridgehead atoms. The van der Waals surface area contributed by atoms with Gasteiger partial charge in [0.15, 0.2) is 0 Å². The van der Waals surface area contributed by atoms with E-state index in [1.807, 2.05) is 48.3 Å². The van der Waals surface area contributed by atoms with Crippen molar-refractivity contribution in [3.63, 3.8) is 0 Å². The molecule has 1 aromatic heterocycles. The summed E-state index contributed by atoms with van der Waals surface area (Å²) >= 11 is 3.48. The smallest absolute Gasteiger partial charge is 0.267 e. The van der Waals surface area contributed by atoms with Gasteiger partial charge in [0.1, 0.15) is 5.70 Å². The molecular weight excluding hydrogens is 400 g/mol. The summed E-state index contributed by atoms with van der Waals surface area (Å²) in [6.45, 7) is 2.57. The van der Waals surface area contributed by atoms with Crippen molar-refractivity contribution in [2.24, 2.45) is 0 Å². The summed E-state index contributed by atoms with van der Waals surface area (Å²) in [7, 11) is 0. The van der Waals surface area contributed by atoms with Gasteiger partial charge in [-0.25, -0.2) is 0 Å². The third-order valence-corrected chi connectivity index (χ3v) is 7.13. The van der Waals surface area contributed by atoms with Crippen molar-refractivity contribution in [3.8, 4) is 0 Å². The summed E-state index contributed by atoms with van der Waals surface area (Å²) in [6, 6.07) is 11.2. The molecular formula is C23H28N2O2S2.